The summed E-state index contributed by atoms with van der Waals surface area (Å²) in [4.78, 5) is 11.1. The molecule has 0 saturated carbocycles. The number of carbonyl (C=O) groups excluding carboxylic acids is 1. The van der Waals surface area contributed by atoms with Crippen LogP contribution in [0.3, 0.4) is 0 Å². The van der Waals surface area contributed by atoms with E-state index in [0.717, 1.165) is 0 Å². The van der Waals surface area contributed by atoms with Crippen LogP contribution < -0.4 is 0 Å². The maximum atomic E-state index is 11.1. The van der Waals surface area contributed by atoms with Crippen LogP contribution in [0.4, 0.5) is 0 Å². The molecule has 0 aromatic carbocycles. The fraction of sp³-hybridized carbons (Fsp3) is 0.583. The Kier molecular flexibility index (Phi) is 2.86. The maximum Gasteiger partial charge on any atom is 0.217 e. The van der Waals surface area contributed by atoms with Crippen molar-refractivity contribution in [3.63, 3.8) is 0 Å². The lowest BCUT2D eigenvalue weighted by molar-refractivity contribution is -0.233. The summed E-state index contributed by atoms with van der Waals surface area (Å²) in [5, 5.41) is 0. The zero-order valence-corrected chi connectivity index (χ0v) is 9.78. The fourth-order valence-electron chi connectivity index (χ4n) is 1.53. The predicted octanol–water partition coefficient (Wildman–Crippen LogP) is 2.55. The highest BCUT2D eigenvalue weighted by molar-refractivity contribution is 5.91. The van der Waals surface area contributed by atoms with Gasteiger partial charge < -0.3 is 13.9 Å². The van der Waals surface area contributed by atoms with Crippen molar-refractivity contribution in [3.05, 3.63) is 23.7 Å². The first kappa shape index (κ1) is 11.4. The van der Waals surface area contributed by atoms with E-state index in [1.807, 2.05) is 0 Å². The van der Waals surface area contributed by atoms with Crippen LogP contribution in [0.25, 0.3) is 0 Å². The van der Waals surface area contributed by atoms with E-state index in [-0.39, 0.29) is 11.2 Å². The second kappa shape index (κ2) is 4.03. The van der Waals surface area contributed by atoms with Crippen molar-refractivity contribution in [2.24, 2.45) is 5.41 Å². The number of ether oxygens (including phenoxy) is 2. The zero-order chi connectivity index (χ0) is 11.8. The van der Waals surface area contributed by atoms with Crippen LogP contribution in [0.1, 0.15) is 43.4 Å². The molecule has 0 amide bonds. The van der Waals surface area contributed by atoms with Gasteiger partial charge in [0.25, 0.3) is 0 Å². The topological polar surface area (TPSA) is 48.7 Å². The molecule has 0 spiro atoms. The van der Waals surface area contributed by atoms with Crippen molar-refractivity contribution in [2.45, 2.75) is 27.1 Å². The Labute approximate surface area is 94.5 Å². The predicted molar refractivity (Wildman–Crippen MR) is 57.1 cm³/mol. The molecular formula is C12H16O4. The average molecular weight is 224 g/mol. The molecule has 2 heterocycles. The Morgan fingerprint density at radius 1 is 1.31 bits per heavy atom. The lowest BCUT2D eigenvalue weighted by atomic mass is 9.95. The lowest BCUT2D eigenvalue weighted by Gasteiger charge is -2.33. The van der Waals surface area contributed by atoms with Crippen LogP contribution >= 0.6 is 0 Å². The van der Waals surface area contributed by atoms with Crippen molar-refractivity contribution >= 4 is 5.78 Å². The van der Waals surface area contributed by atoms with Gasteiger partial charge in [0, 0.05) is 12.3 Å². The highest BCUT2D eigenvalue weighted by Gasteiger charge is 2.30. The summed E-state index contributed by atoms with van der Waals surface area (Å²) in [5.41, 5.74) is 0.0342. The van der Waals surface area contributed by atoms with Crippen LogP contribution in [0.15, 0.2) is 16.5 Å². The minimum absolute atomic E-state index is 0.0342. The molecule has 0 bridgehead atoms. The molecule has 1 aromatic heterocycles. The largest absolute Gasteiger partial charge is 0.453 e. The first-order valence-electron chi connectivity index (χ1n) is 5.32. The Bertz CT molecular complexity index is 381. The molecule has 0 radical (unpaired) electrons. The smallest absolute Gasteiger partial charge is 0.217 e. The van der Waals surface area contributed by atoms with E-state index in [1.165, 1.54) is 6.92 Å². The monoisotopic (exact) mass is 224 g/mol. The standard InChI is InChI=1S/C12H16O4/c1-8(13)9-4-5-10(16-9)11-14-6-12(2,3)7-15-11/h4-5,11H,6-7H2,1-3H3. The van der Waals surface area contributed by atoms with Gasteiger partial charge in [-0.3, -0.25) is 4.79 Å². The normalized spacial score (nSPS) is 20.9. The van der Waals surface area contributed by atoms with Crippen molar-refractivity contribution in [2.75, 3.05) is 13.2 Å². The maximum absolute atomic E-state index is 11.1. The van der Waals surface area contributed by atoms with Gasteiger partial charge in [0.05, 0.1) is 13.2 Å². The summed E-state index contributed by atoms with van der Waals surface area (Å²) in [5.74, 6) is 0.801. The van der Waals surface area contributed by atoms with Crippen molar-refractivity contribution in [1.29, 1.82) is 0 Å². The Hall–Kier alpha value is -1.13. The van der Waals surface area contributed by atoms with Gasteiger partial charge in [0.15, 0.2) is 17.3 Å². The van der Waals surface area contributed by atoms with Gasteiger partial charge >= 0.3 is 0 Å². The molecule has 1 aromatic rings. The second-order valence-corrected chi connectivity index (χ2v) is 4.88. The molecular weight excluding hydrogens is 208 g/mol. The van der Waals surface area contributed by atoms with Gasteiger partial charge in [0.1, 0.15) is 0 Å². The molecule has 0 unspecified atom stereocenters. The minimum atomic E-state index is -0.485. The molecule has 4 heteroatoms. The van der Waals surface area contributed by atoms with Crippen molar-refractivity contribution in [1.82, 2.24) is 0 Å². The van der Waals surface area contributed by atoms with Gasteiger partial charge in [-0.05, 0) is 12.1 Å². The number of Topliss-reactive ketones (excluding diaryl/α,β-unsaturated/α-hetero) is 1. The van der Waals surface area contributed by atoms with Crippen LogP contribution in [0.2, 0.25) is 0 Å². The summed E-state index contributed by atoms with van der Waals surface area (Å²) in [7, 11) is 0. The van der Waals surface area contributed by atoms with Crippen LogP contribution in [-0.4, -0.2) is 19.0 Å². The molecule has 0 aliphatic carbocycles. The SMILES string of the molecule is CC(=O)c1ccc(C2OCC(C)(C)CO2)o1. The third-order valence-corrected chi connectivity index (χ3v) is 2.46. The Morgan fingerprint density at radius 3 is 2.44 bits per heavy atom. The molecule has 2 rings (SSSR count). The molecule has 4 nitrogen and oxygen atoms in total. The average Bonchev–Trinajstić information content (AvgIpc) is 2.66. The van der Waals surface area contributed by atoms with E-state index in [9.17, 15) is 4.79 Å². The quantitative estimate of drug-likeness (QED) is 0.724. The molecule has 88 valence electrons. The van der Waals surface area contributed by atoms with Gasteiger partial charge in [-0.15, -0.1) is 0 Å². The van der Waals surface area contributed by atoms with Gasteiger partial charge in [-0.1, -0.05) is 13.8 Å². The molecule has 1 fully saturated rings. The summed E-state index contributed by atoms with van der Waals surface area (Å²) in [6.45, 7) is 6.86. The Morgan fingerprint density at radius 2 is 1.94 bits per heavy atom. The summed E-state index contributed by atoms with van der Waals surface area (Å²) in [6, 6.07) is 3.36. The van der Waals surface area contributed by atoms with E-state index in [4.69, 9.17) is 13.9 Å². The molecule has 1 saturated heterocycles. The van der Waals surface area contributed by atoms with Crippen LogP contribution in [0, 0.1) is 5.41 Å². The van der Waals surface area contributed by atoms with Crippen molar-refractivity contribution in [3.8, 4) is 0 Å². The van der Waals surface area contributed by atoms with Gasteiger partial charge in [-0.25, -0.2) is 0 Å². The minimum Gasteiger partial charge on any atom is -0.453 e. The highest BCUT2D eigenvalue weighted by atomic mass is 16.7. The zero-order valence-electron chi connectivity index (χ0n) is 9.78. The van der Waals surface area contributed by atoms with E-state index in [1.54, 1.807) is 12.1 Å². The third-order valence-electron chi connectivity index (χ3n) is 2.46. The van der Waals surface area contributed by atoms with E-state index in [0.29, 0.717) is 24.7 Å². The molecule has 0 N–H and O–H groups in total. The lowest BCUT2D eigenvalue weighted by Crippen LogP contribution is -2.33. The van der Waals surface area contributed by atoms with Crippen LogP contribution in [0.5, 0.6) is 0 Å². The fourth-order valence-corrected chi connectivity index (χ4v) is 1.53. The number of hydrogen-bond donors (Lipinski definition) is 0. The molecule has 1 aliphatic heterocycles. The third kappa shape index (κ3) is 2.33. The van der Waals surface area contributed by atoms with Gasteiger partial charge in [-0.2, -0.15) is 0 Å². The van der Waals surface area contributed by atoms with Gasteiger partial charge in [0.2, 0.25) is 6.29 Å². The highest BCUT2D eigenvalue weighted by Crippen LogP contribution is 2.31. The van der Waals surface area contributed by atoms with Crippen molar-refractivity contribution < 1.29 is 18.7 Å². The number of rotatable bonds is 2. The summed E-state index contributed by atoms with van der Waals surface area (Å²) >= 11 is 0. The molecule has 16 heavy (non-hydrogen) atoms. The Balaban J connectivity index is 2.05. The first-order valence-corrected chi connectivity index (χ1v) is 5.32. The van der Waals surface area contributed by atoms with Crippen LogP contribution in [-0.2, 0) is 9.47 Å². The first-order chi connectivity index (χ1) is 7.48. The van der Waals surface area contributed by atoms with E-state index >= 15 is 0 Å². The number of carbonyl (C=O) groups is 1. The molecule has 1 aliphatic rings. The second-order valence-electron chi connectivity index (χ2n) is 4.88. The number of furan rings is 1. The van der Waals surface area contributed by atoms with E-state index in [2.05, 4.69) is 13.8 Å². The molecule has 0 atom stereocenters. The summed E-state index contributed by atoms with van der Waals surface area (Å²) in [6.07, 6.45) is -0.485. The number of ketones is 1. The van der Waals surface area contributed by atoms with E-state index < -0.39 is 6.29 Å². The summed E-state index contributed by atoms with van der Waals surface area (Å²) < 4.78 is 16.4. The number of hydrogen-bond acceptors (Lipinski definition) is 4.